The molecule has 3 nitrogen and oxygen atoms in total. The van der Waals surface area contributed by atoms with Crippen molar-refractivity contribution in [1.82, 2.24) is 5.32 Å². The summed E-state index contributed by atoms with van der Waals surface area (Å²) in [7, 11) is 0. The summed E-state index contributed by atoms with van der Waals surface area (Å²) in [5, 5.41) is 13.2. The molecule has 0 fully saturated rings. The lowest BCUT2D eigenvalue weighted by Crippen LogP contribution is -2.24. The Kier molecular flexibility index (Phi) is 6.70. The Morgan fingerprint density at radius 2 is 2.00 bits per heavy atom. The molecule has 0 unspecified atom stereocenters. The van der Waals surface area contributed by atoms with Crippen molar-refractivity contribution in [3.63, 3.8) is 0 Å². The fourth-order valence-electron chi connectivity index (χ4n) is 2.01. The van der Waals surface area contributed by atoms with Crippen LogP contribution in [0.4, 0.5) is 0 Å². The number of aliphatic hydroxyl groups excluding tert-OH is 1. The zero-order valence-electron chi connectivity index (χ0n) is 12.4. The van der Waals surface area contributed by atoms with Crippen LogP contribution in [-0.2, 0) is 13.2 Å². The molecular weight excluding hydrogens is 366 g/mol. The van der Waals surface area contributed by atoms with Crippen molar-refractivity contribution in [2.75, 3.05) is 6.54 Å². The number of aliphatic hydroxyl groups is 1. The average Bonchev–Trinajstić information content (AvgIpc) is 2.47. The Balaban J connectivity index is 2.05. The second kappa shape index (κ2) is 8.53. The van der Waals surface area contributed by atoms with E-state index in [2.05, 4.69) is 21.2 Å². The lowest BCUT2D eigenvalue weighted by Gasteiger charge is -2.14. The lowest BCUT2D eigenvalue weighted by atomic mass is 10.2. The molecule has 22 heavy (non-hydrogen) atoms. The molecule has 5 heteroatoms. The van der Waals surface area contributed by atoms with Crippen molar-refractivity contribution >= 4 is 27.5 Å². The summed E-state index contributed by atoms with van der Waals surface area (Å²) >= 11 is 9.62. The smallest absolute Gasteiger partial charge is 0.124 e. The lowest BCUT2D eigenvalue weighted by molar-refractivity contribution is 0.190. The molecule has 0 aromatic heterocycles. The first-order valence-electron chi connectivity index (χ1n) is 7.09. The van der Waals surface area contributed by atoms with Crippen molar-refractivity contribution in [2.45, 2.75) is 26.2 Å². The maximum absolute atomic E-state index is 9.32. The SMILES string of the molecule is C[C@@H](O)CNCc1cc(Br)ccc1OCc1ccccc1Cl. The highest BCUT2D eigenvalue weighted by atomic mass is 79.9. The third kappa shape index (κ3) is 5.29. The van der Waals surface area contributed by atoms with Crippen LogP contribution in [0.2, 0.25) is 5.02 Å². The molecule has 0 bridgehead atoms. The summed E-state index contributed by atoms with van der Waals surface area (Å²) in [6.45, 7) is 3.34. The molecule has 0 radical (unpaired) electrons. The first-order valence-corrected chi connectivity index (χ1v) is 8.27. The van der Waals surface area contributed by atoms with Gasteiger partial charge in [0.25, 0.3) is 0 Å². The van der Waals surface area contributed by atoms with Gasteiger partial charge >= 0.3 is 0 Å². The fraction of sp³-hybridized carbons (Fsp3) is 0.294. The highest BCUT2D eigenvalue weighted by Crippen LogP contribution is 2.25. The molecular formula is C17H19BrClNO2. The summed E-state index contributed by atoms with van der Waals surface area (Å²) in [6.07, 6.45) is -0.375. The second-order valence-corrected chi connectivity index (χ2v) is 6.43. The van der Waals surface area contributed by atoms with E-state index in [1.807, 2.05) is 42.5 Å². The van der Waals surface area contributed by atoms with Gasteiger partial charge in [0.05, 0.1) is 6.10 Å². The van der Waals surface area contributed by atoms with Gasteiger partial charge in [-0.15, -0.1) is 0 Å². The summed E-state index contributed by atoms with van der Waals surface area (Å²) in [5.74, 6) is 0.807. The van der Waals surface area contributed by atoms with Crippen LogP contribution in [-0.4, -0.2) is 17.8 Å². The van der Waals surface area contributed by atoms with Crippen molar-refractivity contribution < 1.29 is 9.84 Å². The van der Waals surface area contributed by atoms with E-state index in [-0.39, 0.29) is 6.10 Å². The van der Waals surface area contributed by atoms with Crippen LogP contribution in [0.1, 0.15) is 18.1 Å². The summed E-state index contributed by atoms with van der Waals surface area (Å²) in [6, 6.07) is 13.5. The molecule has 0 saturated carbocycles. The fourth-order valence-corrected chi connectivity index (χ4v) is 2.61. The van der Waals surface area contributed by atoms with Gasteiger partial charge in [0.2, 0.25) is 0 Å². The normalized spacial score (nSPS) is 12.2. The molecule has 0 amide bonds. The van der Waals surface area contributed by atoms with E-state index in [0.717, 1.165) is 21.3 Å². The summed E-state index contributed by atoms with van der Waals surface area (Å²) in [4.78, 5) is 0. The van der Waals surface area contributed by atoms with Crippen molar-refractivity contribution in [1.29, 1.82) is 0 Å². The highest BCUT2D eigenvalue weighted by molar-refractivity contribution is 9.10. The average molecular weight is 385 g/mol. The Labute approximate surface area is 144 Å². The van der Waals surface area contributed by atoms with E-state index < -0.39 is 0 Å². The van der Waals surface area contributed by atoms with Crippen molar-refractivity contribution in [3.05, 3.63) is 63.1 Å². The highest BCUT2D eigenvalue weighted by Gasteiger charge is 2.07. The topological polar surface area (TPSA) is 41.5 Å². The third-order valence-corrected chi connectivity index (χ3v) is 3.98. The molecule has 0 aliphatic carbocycles. The Morgan fingerprint density at radius 1 is 1.23 bits per heavy atom. The van der Waals surface area contributed by atoms with E-state index in [1.165, 1.54) is 0 Å². The summed E-state index contributed by atoms with van der Waals surface area (Å²) < 4.78 is 6.90. The van der Waals surface area contributed by atoms with E-state index in [0.29, 0.717) is 24.7 Å². The van der Waals surface area contributed by atoms with Gasteiger partial charge in [-0.05, 0) is 31.2 Å². The van der Waals surface area contributed by atoms with E-state index in [4.69, 9.17) is 16.3 Å². The Bertz CT molecular complexity index is 619. The van der Waals surface area contributed by atoms with E-state index in [1.54, 1.807) is 6.92 Å². The number of ether oxygens (including phenoxy) is 1. The zero-order valence-corrected chi connectivity index (χ0v) is 14.7. The number of nitrogens with one attached hydrogen (secondary N) is 1. The molecule has 2 aromatic carbocycles. The minimum Gasteiger partial charge on any atom is -0.489 e. The van der Waals surface area contributed by atoms with Crippen molar-refractivity contribution in [2.24, 2.45) is 0 Å². The van der Waals surface area contributed by atoms with Gasteiger partial charge in [-0.1, -0.05) is 45.7 Å². The third-order valence-electron chi connectivity index (χ3n) is 3.12. The molecule has 118 valence electrons. The van der Waals surface area contributed by atoms with Gasteiger partial charge in [-0.25, -0.2) is 0 Å². The van der Waals surface area contributed by atoms with Gasteiger partial charge in [0.15, 0.2) is 0 Å². The van der Waals surface area contributed by atoms with Crippen LogP contribution in [0.15, 0.2) is 46.9 Å². The van der Waals surface area contributed by atoms with Crippen LogP contribution >= 0.6 is 27.5 Å². The van der Waals surface area contributed by atoms with Gasteiger partial charge in [0, 0.05) is 33.7 Å². The van der Waals surface area contributed by atoms with Crippen LogP contribution in [0.3, 0.4) is 0 Å². The molecule has 0 heterocycles. The molecule has 2 N–H and O–H groups in total. The quantitative estimate of drug-likeness (QED) is 0.753. The summed E-state index contributed by atoms with van der Waals surface area (Å²) in [5.41, 5.74) is 1.98. The van der Waals surface area contributed by atoms with Crippen molar-refractivity contribution in [3.8, 4) is 5.75 Å². The van der Waals surface area contributed by atoms with Gasteiger partial charge < -0.3 is 15.2 Å². The number of benzene rings is 2. The van der Waals surface area contributed by atoms with Gasteiger partial charge in [0.1, 0.15) is 12.4 Å². The molecule has 0 aliphatic heterocycles. The minimum absolute atomic E-state index is 0.375. The van der Waals surface area contributed by atoms with Crippen LogP contribution in [0.25, 0.3) is 0 Å². The number of rotatable bonds is 7. The second-order valence-electron chi connectivity index (χ2n) is 5.11. The Hall–Kier alpha value is -1.07. The monoisotopic (exact) mass is 383 g/mol. The standard InChI is InChI=1S/C17H19BrClNO2/c1-12(21)9-20-10-14-8-15(18)6-7-17(14)22-11-13-4-2-3-5-16(13)19/h2-8,12,20-21H,9-11H2,1H3/t12-/m1/s1. The van der Waals surface area contributed by atoms with Gasteiger partial charge in [-0.2, -0.15) is 0 Å². The number of hydrogen-bond donors (Lipinski definition) is 2. The van der Waals surface area contributed by atoms with Crippen LogP contribution in [0, 0.1) is 0 Å². The zero-order chi connectivity index (χ0) is 15.9. The van der Waals surface area contributed by atoms with Crippen LogP contribution < -0.4 is 10.1 Å². The molecule has 2 aromatic rings. The molecule has 0 saturated heterocycles. The van der Waals surface area contributed by atoms with E-state index in [9.17, 15) is 5.11 Å². The minimum atomic E-state index is -0.375. The van der Waals surface area contributed by atoms with Gasteiger partial charge in [-0.3, -0.25) is 0 Å². The number of hydrogen-bond acceptors (Lipinski definition) is 3. The molecule has 2 rings (SSSR count). The first-order chi connectivity index (χ1) is 10.6. The maximum Gasteiger partial charge on any atom is 0.124 e. The number of halogens is 2. The predicted molar refractivity (Wildman–Crippen MR) is 93.3 cm³/mol. The Morgan fingerprint density at radius 3 is 2.73 bits per heavy atom. The first kappa shape index (κ1) is 17.3. The molecule has 0 aliphatic rings. The maximum atomic E-state index is 9.32. The molecule has 1 atom stereocenters. The predicted octanol–water partition coefficient (Wildman–Crippen LogP) is 4.15. The van der Waals surface area contributed by atoms with E-state index >= 15 is 0 Å². The molecule has 0 spiro atoms. The van der Waals surface area contributed by atoms with Crippen LogP contribution in [0.5, 0.6) is 5.75 Å². The largest absolute Gasteiger partial charge is 0.489 e.